The van der Waals surface area contributed by atoms with Crippen LogP contribution in [0, 0.1) is 0 Å². The van der Waals surface area contributed by atoms with E-state index in [1.54, 1.807) is 42.6 Å². The maximum absolute atomic E-state index is 13.6. The van der Waals surface area contributed by atoms with Crippen LogP contribution in [0.2, 0.25) is 0 Å². The molecule has 3 aromatic rings. The summed E-state index contributed by atoms with van der Waals surface area (Å²) in [6.45, 7) is -0.177. The average Bonchev–Trinajstić information content (AvgIpc) is 3.43. The molecule has 0 unspecified atom stereocenters. The Bertz CT molecular complexity index is 1200. The number of aromatic nitrogens is 1. The van der Waals surface area contributed by atoms with Crippen LogP contribution >= 0.6 is 0 Å². The molecule has 2 aromatic heterocycles. The molecule has 10 nitrogen and oxygen atoms in total. The van der Waals surface area contributed by atoms with Crippen LogP contribution in [0.1, 0.15) is 21.7 Å². The number of methoxy groups -OCH3 is 2. The summed E-state index contributed by atoms with van der Waals surface area (Å²) in [7, 11) is 2.87. The number of fused-ring (bicyclic) bond motifs is 2. The second-order valence-electron chi connectivity index (χ2n) is 7.20. The van der Waals surface area contributed by atoms with Crippen LogP contribution in [-0.4, -0.2) is 53.6 Å². The van der Waals surface area contributed by atoms with E-state index in [0.29, 0.717) is 28.0 Å². The van der Waals surface area contributed by atoms with Gasteiger partial charge in [-0.25, -0.2) is 9.69 Å². The molecule has 0 bridgehead atoms. The van der Waals surface area contributed by atoms with Gasteiger partial charge in [0.25, 0.3) is 17.5 Å². The number of nitrogens with zero attached hydrogens (tertiary/aromatic N) is 3. The first-order valence-corrected chi connectivity index (χ1v) is 9.46. The minimum absolute atomic E-state index is 0.0891. The second kappa shape index (κ2) is 6.81. The zero-order valence-corrected chi connectivity index (χ0v) is 16.7. The fraction of sp³-hybridized carbons (Fsp3) is 0.238. The lowest BCUT2D eigenvalue weighted by Crippen LogP contribution is -2.58. The molecule has 1 N–H and O–H groups in total. The number of ether oxygens (including phenoxy) is 2. The predicted molar refractivity (Wildman–Crippen MR) is 106 cm³/mol. The van der Waals surface area contributed by atoms with Crippen molar-refractivity contribution >= 4 is 28.9 Å². The normalized spacial score (nSPS) is 20.5. The van der Waals surface area contributed by atoms with Gasteiger partial charge in [0.2, 0.25) is 0 Å². The summed E-state index contributed by atoms with van der Waals surface area (Å²) < 4.78 is 16.2. The molecule has 4 heterocycles. The molecule has 4 amide bonds. The number of rotatable bonds is 5. The first-order chi connectivity index (χ1) is 15.0. The number of urea groups is 1. The Balaban J connectivity index is 1.68. The second-order valence-corrected chi connectivity index (χ2v) is 7.20. The van der Waals surface area contributed by atoms with E-state index in [2.05, 4.69) is 10.3 Å². The van der Waals surface area contributed by atoms with Gasteiger partial charge in [-0.3, -0.25) is 24.8 Å². The van der Waals surface area contributed by atoms with E-state index >= 15 is 0 Å². The zero-order valence-electron chi connectivity index (χ0n) is 16.7. The van der Waals surface area contributed by atoms with Gasteiger partial charge in [-0.1, -0.05) is 6.07 Å². The van der Waals surface area contributed by atoms with Crippen LogP contribution in [0.5, 0.6) is 5.75 Å². The lowest BCUT2D eigenvalue weighted by molar-refractivity contribution is -0.141. The van der Waals surface area contributed by atoms with Crippen LogP contribution in [0.3, 0.4) is 0 Å². The third-order valence-electron chi connectivity index (χ3n) is 5.52. The van der Waals surface area contributed by atoms with E-state index in [1.165, 1.54) is 19.1 Å². The fourth-order valence-corrected chi connectivity index (χ4v) is 4.02. The molecule has 0 spiro atoms. The van der Waals surface area contributed by atoms with Crippen molar-refractivity contribution in [1.29, 1.82) is 0 Å². The summed E-state index contributed by atoms with van der Waals surface area (Å²) in [6.07, 6.45) is 1.59. The summed E-state index contributed by atoms with van der Waals surface area (Å²) in [5, 5.41) is 2.67. The van der Waals surface area contributed by atoms with Crippen molar-refractivity contribution in [3.05, 3.63) is 59.5 Å². The van der Waals surface area contributed by atoms with Crippen molar-refractivity contribution in [1.82, 2.24) is 20.1 Å². The first-order valence-electron chi connectivity index (χ1n) is 9.46. The average molecular weight is 422 g/mol. The number of amides is 4. The van der Waals surface area contributed by atoms with Gasteiger partial charge >= 0.3 is 6.03 Å². The molecule has 1 aromatic carbocycles. The monoisotopic (exact) mass is 422 g/mol. The Hall–Kier alpha value is -3.92. The minimum atomic E-state index is -1.88. The lowest BCUT2D eigenvalue weighted by Gasteiger charge is -2.34. The molecule has 1 atom stereocenters. The fourth-order valence-electron chi connectivity index (χ4n) is 4.02. The molecule has 5 rings (SSSR count). The largest absolute Gasteiger partial charge is 0.497 e. The number of imide groups is 1. The van der Waals surface area contributed by atoms with Gasteiger partial charge in [0.15, 0.2) is 11.3 Å². The van der Waals surface area contributed by atoms with Crippen LogP contribution < -0.4 is 10.1 Å². The summed E-state index contributed by atoms with van der Waals surface area (Å²) in [5.74, 6) is -0.508. The van der Waals surface area contributed by atoms with Crippen molar-refractivity contribution < 1.29 is 28.3 Å². The number of benzene rings is 1. The number of carbonyl (C=O) groups is 3. The number of furan rings is 1. The molecule has 31 heavy (non-hydrogen) atoms. The van der Waals surface area contributed by atoms with E-state index < -0.39 is 23.5 Å². The molecular formula is C21H18N4O6. The van der Waals surface area contributed by atoms with Gasteiger partial charge in [-0.15, -0.1) is 0 Å². The standard InChI is InChI=1S/C21H18N4O6/c1-29-11-24-19(27)21(23-20(24)28,17-9-15-16(31-17)4-3-7-22-15)25-10-12-5-6-13(30-2)8-14(12)18(25)26/h3-9H,10-11H2,1-2H3,(H,23,28)/t21-/m1/s1. The zero-order chi connectivity index (χ0) is 21.8. The lowest BCUT2D eigenvalue weighted by atomic mass is 10.0. The third kappa shape index (κ3) is 2.61. The van der Waals surface area contributed by atoms with Crippen molar-refractivity contribution in [2.75, 3.05) is 21.0 Å². The Morgan fingerprint density at radius 1 is 1.19 bits per heavy atom. The van der Waals surface area contributed by atoms with E-state index in [9.17, 15) is 14.4 Å². The van der Waals surface area contributed by atoms with Crippen molar-refractivity contribution in [2.45, 2.75) is 12.2 Å². The van der Waals surface area contributed by atoms with Gasteiger partial charge in [-0.2, -0.15) is 0 Å². The Labute approximate surface area is 176 Å². The molecule has 0 radical (unpaired) electrons. The summed E-state index contributed by atoms with van der Waals surface area (Å²) in [4.78, 5) is 46.1. The predicted octanol–water partition coefficient (Wildman–Crippen LogP) is 1.80. The van der Waals surface area contributed by atoms with Crippen molar-refractivity contribution in [3.8, 4) is 5.75 Å². The van der Waals surface area contributed by atoms with Crippen molar-refractivity contribution in [2.24, 2.45) is 0 Å². The highest BCUT2D eigenvalue weighted by Crippen LogP contribution is 2.41. The molecule has 2 aliphatic rings. The van der Waals surface area contributed by atoms with E-state index in [1.807, 2.05) is 0 Å². The molecular weight excluding hydrogens is 404 g/mol. The highest BCUT2D eigenvalue weighted by Gasteiger charge is 2.61. The van der Waals surface area contributed by atoms with E-state index in [-0.39, 0.29) is 19.0 Å². The van der Waals surface area contributed by atoms with Gasteiger partial charge in [0.05, 0.1) is 13.7 Å². The smallest absolute Gasteiger partial charge is 0.328 e. The Kier molecular flexibility index (Phi) is 4.19. The molecule has 2 aliphatic heterocycles. The molecule has 10 heteroatoms. The quantitative estimate of drug-likeness (QED) is 0.624. The third-order valence-corrected chi connectivity index (χ3v) is 5.52. The SMILES string of the molecule is COCN1C(=O)N[C@](c2cc3ncccc3o2)(N2Cc3ccc(OC)cc3C2=O)C1=O. The van der Waals surface area contributed by atoms with E-state index in [0.717, 1.165) is 4.90 Å². The van der Waals surface area contributed by atoms with Gasteiger partial charge < -0.3 is 13.9 Å². The minimum Gasteiger partial charge on any atom is -0.497 e. The summed E-state index contributed by atoms with van der Waals surface area (Å²) >= 11 is 0. The maximum Gasteiger partial charge on any atom is 0.328 e. The Morgan fingerprint density at radius 3 is 2.77 bits per heavy atom. The van der Waals surface area contributed by atoms with Gasteiger partial charge in [-0.05, 0) is 29.8 Å². The molecule has 0 saturated carbocycles. The summed E-state index contributed by atoms with van der Waals surface area (Å²) in [5.41, 5.74) is 0.136. The number of nitrogens with one attached hydrogen (secondary N) is 1. The topological polar surface area (TPSA) is 114 Å². The van der Waals surface area contributed by atoms with Crippen LogP contribution in [0.25, 0.3) is 11.1 Å². The molecule has 158 valence electrons. The van der Waals surface area contributed by atoms with Crippen LogP contribution in [-0.2, 0) is 21.7 Å². The highest BCUT2D eigenvalue weighted by atomic mass is 16.5. The van der Waals surface area contributed by atoms with E-state index in [4.69, 9.17) is 13.9 Å². The molecule has 1 saturated heterocycles. The number of carbonyl (C=O) groups excluding carboxylic acids is 3. The number of hydrogen-bond acceptors (Lipinski definition) is 7. The summed E-state index contributed by atoms with van der Waals surface area (Å²) in [6, 6.07) is 9.35. The maximum atomic E-state index is 13.6. The highest BCUT2D eigenvalue weighted by molar-refractivity contribution is 6.11. The number of hydrogen-bond donors (Lipinski definition) is 1. The molecule has 1 fully saturated rings. The number of pyridine rings is 1. The van der Waals surface area contributed by atoms with Gasteiger partial charge in [0.1, 0.15) is 18.0 Å². The van der Waals surface area contributed by atoms with Gasteiger partial charge in [0, 0.05) is 24.9 Å². The van der Waals surface area contributed by atoms with Crippen LogP contribution in [0.15, 0.2) is 47.0 Å². The first kappa shape index (κ1) is 19.1. The molecule has 0 aliphatic carbocycles. The van der Waals surface area contributed by atoms with Crippen molar-refractivity contribution in [3.63, 3.8) is 0 Å². The Morgan fingerprint density at radius 2 is 2.03 bits per heavy atom. The van der Waals surface area contributed by atoms with Crippen LogP contribution in [0.4, 0.5) is 4.79 Å².